The number of carboxylic acid groups (broad SMARTS) is 1. The first kappa shape index (κ1) is 13.2. The molecule has 106 valence electrons. The Labute approximate surface area is 118 Å². The van der Waals surface area contributed by atoms with Crippen molar-refractivity contribution in [3.05, 3.63) is 35.6 Å². The summed E-state index contributed by atoms with van der Waals surface area (Å²) in [6.45, 7) is 5.57. The lowest BCUT2D eigenvalue weighted by Crippen LogP contribution is -2.32. The van der Waals surface area contributed by atoms with Crippen molar-refractivity contribution < 1.29 is 14.3 Å². The van der Waals surface area contributed by atoms with Gasteiger partial charge in [0.1, 0.15) is 11.3 Å². The summed E-state index contributed by atoms with van der Waals surface area (Å²) in [5.74, 6) is -0.0144. The van der Waals surface area contributed by atoms with E-state index in [0.717, 1.165) is 36.2 Å². The van der Waals surface area contributed by atoms with E-state index in [1.165, 1.54) is 5.56 Å². The van der Waals surface area contributed by atoms with Crippen molar-refractivity contribution in [2.45, 2.75) is 32.9 Å². The number of likely N-dealkylation sites (tertiary alicyclic amines) is 1. The summed E-state index contributed by atoms with van der Waals surface area (Å²) in [5.41, 5.74) is 2.08. The Kier molecular flexibility index (Phi) is 3.26. The number of carboxylic acids is 1. The Morgan fingerprint density at radius 2 is 2.20 bits per heavy atom. The third-order valence-corrected chi connectivity index (χ3v) is 4.46. The fraction of sp³-hybridized carbons (Fsp3) is 0.438. The Morgan fingerprint density at radius 1 is 1.45 bits per heavy atom. The molecule has 0 saturated carbocycles. The molecule has 20 heavy (non-hydrogen) atoms. The summed E-state index contributed by atoms with van der Waals surface area (Å²) in [7, 11) is 0. The smallest absolute Gasteiger partial charge is 0.308 e. The number of hydrogen-bond donors (Lipinski definition) is 1. The maximum Gasteiger partial charge on any atom is 0.308 e. The van der Waals surface area contributed by atoms with Gasteiger partial charge in [-0.3, -0.25) is 9.69 Å². The van der Waals surface area contributed by atoms with Gasteiger partial charge >= 0.3 is 5.97 Å². The van der Waals surface area contributed by atoms with E-state index in [0.29, 0.717) is 0 Å². The highest BCUT2D eigenvalue weighted by atomic mass is 16.4. The van der Waals surface area contributed by atoms with Crippen molar-refractivity contribution in [1.82, 2.24) is 4.90 Å². The van der Waals surface area contributed by atoms with Crippen LogP contribution in [0.5, 0.6) is 0 Å². The summed E-state index contributed by atoms with van der Waals surface area (Å²) in [6.07, 6.45) is 0.728. The minimum absolute atomic E-state index is 0.0700. The number of aryl methyl sites for hydroxylation is 1. The molecule has 0 amide bonds. The normalized spacial score (nSPS) is 23.5. The number of carbonyl (C=O) groups is 1. The van der Waals surface area contributed by atoms with Crippen LogP contribution in [0.1, 0.15) is 24.7 Å². The van der Waals surface area contributed by atoms with Crippen LogP contribution in [0.3, 0.4) is 0 Å². The van der Waals surface area contributed by atoms with E-state index in [1.807, 2.05) is 32.0 Å². The van der Waals surface area contributed by atoms with E-state index in [9.17, 15) is 9.90 Å². The van der Waals surface area contributed by atoms with E-state index in [-0.39, 0.29) is 12.0 Å². The molecule has 1 aromatic carbocycles. The fourth-order valence-corrected chi connectivity index (χ4v) is 3.18. The van der Waals surface area contributed by atoms with Crippen LogP contribution in [-0.2, 0) is 11.3 Å². The average Bonchev–Trinajstić information content (AvgIpc) is 2.92. The minimum atomic E-state index is -0.686. The van der Waals surface area contributed by atoms with Gasteiger partial charge in [0, 0.05) is 23.5 Å². The maximum absolute atomic E-state index is 11.2. The van der Waals surface area contributed by atoms with Gasteiger partial charge in [0.15, 0.2) is 0 Å². The van der Waals surface area contributed by atoms with Crippen LogP contribution >= 0.6 is 0 Å². The van der Waals surface area contributed by atoms with Crippen molar-refractivity contribution >= 4 is 16.9 Å². The standard InChI is InChI=1S/C16H19NO3/c1-10-12(16(18)19)7-8-17(10)9-14-11(2)20-15-6-4-3-5-13(14)15/h3-6,10,12H,7-9H2,1-2H3,(H,18,19). The molecule has 2 atom stereocenters. The van der Waals surface area contributed by atoms with Crippen LogP contribution in [-0.4, -0.2) is 28.6 Å². The zero-order chi connectivity index (χ0) is 14.3. The van der Waals surface area contributed by atoms with Gasteiger partial charge in [0.05, 0.1) is 5.92 Å². The Balaban J connectivity index is 1.87. The first-order chi connectivity index (χ1) is 9.58. The number of hydrogen-bond acceptors (Lipinski definition) is 3. The number of furan rings is 1. The number of fused-ring (bicyclic) bond motifs is 1. The topological polar surface area (TPSA) is 53.7 Å². The van der Waals surface area contributed by atoms with Crippen LogP contribution < -0.4 is 0 Å². The first-order valence-corrected chi connectivity index (χ1v) is 7.02. The maximum atomic E-state index is 11.2. The molecule has 0 bridgehead atoms. The molecule has 2 aromatic rings. The molecule has 2 heterocycles. The summed E-state index contributed by atoms with van der Waals surface area (Å²) in [5, 5.41) is 10.3. The SMILES string of the molecule is Cc1oc2ccccc2c1CN1CCC(C(=O)O)C1C. The van der Waals surface area contributed by atoms with Gasteiger partial charge in [-0.05, 0) is 32.9 Å². The number of nitrogens with zero attached hydrogens (tertiary/aromatic N) is 1. The third kappa shape index (κ3) is 2.10. The quantitative estimate of drug-likeness (QED) is 0.934. The van der Waals surface area contributed by atoms with Gasteiger partial charge in [-0.15, -0.1) is 0 Å². The third-order valence-electron chi connectivity index (χ3n) is 4.46. The van der Waals surface area contributed by atoms with E-state index in [4.69, 9.17) is 4.42 Å². The first-order valence-electron chi connectivity index (χ1n) is 7.02. The van der Waals surface area contributed by atoms with Gasteiger partial charge < -0.3 is 9.52 Å². The lowest BCUT2D eigenvalue weighted by molar-refractivity contribution is -0.142. The van der Waals surface area contributed by atoms with Gasteiger partial charge in [-0.1, -0.05) is 18.2 Å². The van der Waals surface area contributed by atoms with E-state index < -0.39 is 5.97 Å². The molecule has 1 saturated heterocycles. The zero-order valence-electron chi connectivity index (χ0n) is 11.8. The molecule has 1 aromatic heterocycles. The number of aliphatic carboxylic acids is 1. The van der Waals surface area contributed by atoms with Crippen LogP contribution in [0, 0.1) is 12.8 Å². The molecule has 3 rings (SSSR count). The molecule has 0 radical (unpaired) electrons. The molecular formula is C16H19NO3. The lowest BCUT2D eigenvalue weighted by Gasteiger charge is -2.22. The van der Waals surface area contributed by atoms with Gasteiger partial charge in [0.25, 0.3) is 0 Å². The summed E-state index contributed by atoms with van der Waals surface area (Å²) in [6, 6.07) is 8.08. The second-order valence-corrected chi connectivity index (χ2v) is 5.58. The second-order valence-electron chi connectivity index (χ2n) is 5.58. The van der Waals surface area contributed by atoms with Crippen LogP contribution in [0.2, 0.25) is 0 Å². The van der Waals surface area contributed by atoms with Gasteiger partial charge in [-0.2, -0.15) is 0 Å². The molecule has 1 N–H and O–H groups in total. The molecular weight excluding hydrogens is 254 g/mol. The van der Waals surface area contributed by atoms with Crippen LogP contribution in [0.15, 0.2) is 28.7 Å². The largest absolute Gasteiger partial charge is 0.481 e. The average molecular weight is 273 g/mol. The van der Waals surface area contributed by atoms with E-state index >= 15 is 0 Å². The highest BCUT2D eigenvalue weighted by Crippen LogP contribution is 2.31. The molecule has 4 heteroatoms. The molecule has 4 nitrogen and oxygen atoms in total. The number of benzene rings is 1. The summed E-state index contributed by atoms with van der Waals surface area (Å²) >= 11 is 0. The Morgan fingerprint density at radius 3 is 2.90 bits per heavy atom. The van der Waals surface area contributed by atoms with Crippen molar-refractivity contribution in [2.24, 2.45) is 5.92 Å². The zero-order valence-corrected chi connectivity index (χ0v) is 11.8. The number of para-hydroxylation sites is 1. The highest BCUT2D eigenvalue weighted by molar-refractivity contribution is 5.82. The minimum Gasteiger partial charge on any atom is -0.481 e. The molecule has 1 fully saturated rings. The molecule has 1 aliphatic rings. The molecule has 0 aliphatic carbocycles. The van der Waals surface area contributed by atoms with Crippen molar-refractivity contribution in [3.8, 4) is 0 Å². The second kappa shape index (κ2) is 4.94. The van der Waals surface area contributed by atoms with Crippen molar-refractivity contribution in [1.29, 1.82) is 0 Å². The highest BCUT2D eigenvalue weighted by Gasteiger charge is 2.35. The van der Waals surface area contributed by atoms with Crippen molar-refractivity contribution in [2.75, 3.05) is 6.54 Å². The monoisotopic (exact) mass is 273 g/mol. The van der Waals surface area contributed by atoms with Crippen LogP contribution in [0.4, 0.5) is 0 Å². The molecule has 0 spiro atoms. The van der Waals surface area contributed by atoms with E-state index in [1.54, 1.807) is 0 Å². The predicted molar refractivity (Wildman–Crippen MR) is 76.6 cm³/mol. The van der Waals surface area contributed by atoms with E-state index in [2.05, 4.69) is 11.0 Å². The van der Waals surface area contributed by atoms with Crippen LogP contribution in [0.25, 0.3) is 11.0 Å². The molecule has 2 unspecified atom stereocenters. The molecule has 1 aliphatic heterocycles. The number of rotatable bonds is 3. The Bertz CT molecular complexity index is 646. The van der Waals surface area contributed by atoms with Gasteiger partial charge in [0.2, 0.25) is 0 Å². The summed E-state index contributed by atoms with van der Waals surface area (Å²) < 4.78 is 5.78. The van der Waals surface area contributed by atoms with Crippen molar-refractivity contribution in [3.63, 3.8) is 0 Å². The summed E-state index contributed by atoms with van der Waals surface area (Å²) in [4.78, 5) is 13.4. The van der Waals surface area contributed by atoms with Gasteiger partial charge in [-0.25, -0.2) is 0 Å². The Hall–Kier alpha value is -1.81. The lowest BCUT2D eigenvalue weighted by atomic mass is 10.0. The predicted octanol–water partition coefficient (Wildman–Crippen LogP) is 3.04. The fourth-order valence-electron chi connectivity index (χ4n) is 3.18.